The van der Waals surface area contributed by atoms with Crippen LogP contribution in [0.3, 0.4) is 0 Å². The number of unbranched alkanes of at least 4 members (excludes halogenated alkanes) is 5. The van der Waals surface area contributed by atoms with Gasteiger partial charge in [0.2, 0.25) is 0 Å². The van der Waals surface area contributed by atoms with Crippen LogP contribution in [0.1, 0.15) is 115 Å². The number of piperidine rings is 1. The van der Waals surface area contributed by atoms with E-state index in [-0.39, 0.29) is 17.0 Å². The third-order valence-corrected chi connectivity index (χ3v) is 8.46. The fourth-order valence-electron chi connectivity index (χ4n) is 6.62. The van der Waals surface area contributed by atoms with Gasteiger partial charge in [0.05, 0.1) is 0 Å². The number of hydrogen-bond donors (Lipinski definition) is 1. The van der Waals surface area contributed by atoms with E-state index in [0.29, 0.717) is 5.92 Å². The fraction of sp³-hybridized carbons (Fsp3) is 0.750. The van der Waals surface area contributed by atoms with Gasteiger partial charge in [-0.05, 0) is 55.9 Å². The lowest BCUT2D eigenvalue weighted by Gasteiger charge is -2.57. The molecular formula is C28H46N2O. The second-order valence-electron chi connectivity index (χ2n) is 10.8. The molecule has 2 atom stereocenters. The Bertz CT molecular complexity index is 693. The molecule has 0 spiro atoms. The van der Waals surface area contributed by atoms with E-state index in [9.17, 15) is 4.79 Å². The molecule has 3 nitrogen and oxygen atoms in total. The highest BCUT2D eigenvalue weighted by Crippen LogP contribution is 2.51. The summed E-state index contributed by atoms with van der Waals surface area (Å²) in [5.41, 5.74) is 8.84. The summed E-state index contributed by atoms with van der Waals surface area (Å²) >= 11 is 0. The minimum absolute atomic E-state index is 0.0745. The molecule has 0 radical (unpaired) electrons. The average Bonchev–Trinajstić information content (AvgIpc) is 2.77. The number of nitrogens with zero attached hydrogens (tertiary/aromatic N) is 1. The molecule has 2 amide bonds. The molecule has 1 saturated heterocycles. The van der Waals surface area contributed by atoms with Gasteiger partial charge < -0.3 is 10.6 Å². The maximum absolute atomic E-state index is 12.7. The van der Waals surface area contributed by atoms with E-state index >= 15 is 0 Å². The molecule has 0 bridgehead atoms. The Morgan fingerprint density at radius 2 is 1.68 bits per heavy atom. The van der Waals surface area contributed by atoms with Crippen LogP contribution in [0.5, 0.6) is 0 Å². The molecule has 1 saturated carbocycles. The van der Waals surface area contributed by atoms with Gasteiger partial charge in [0.15, 0.2) is 0 Å². The maximum Gasteiger partial charge on any atom is 0.315 e. The summed E-state index contributed by atoms with van der Waals surface area (Å²) in [6.45, 7) is 7.67. The second kappa shape index (κ2) is 10.9. The summed E-state index contributed by atoms with van der Waals surface area (Å²) in [5, 5.41) is 0. The van der Waals surface area contributed by atoms with E-state index in [2.05, 4.69) is 49.9 Å². The Labute approximate surface area is 191 Å². The average molecular weight is 427 g/mol. The largest absolute Gasteiger partial charge is 0.351 e. The lowest BCUT2D eigenvalue weighted by molar-refractivity contribution is -0.0209. The van der Waals surface area contributed by atoms with Crippen molar-refractivity contribution in [2.75, 3.05) is 6.54 Å². The van der Waals surface area contributed by atoms with Crippen LogP contribution in [0.4, 0.5) is 4.79 Å². The molecule has 2 aliphatic rings. The number of likely N-dealkylation sites (tertiary alicyclic amines) is 1. The molecule has 0 aromatic heterocycles. The third-order valence-electron chi connectivity index (χ3n) is 8.46. The monoisotopic (exact) mass is 426 g/mol. The lowest BCUT2D eigenvalue weighted by Crippen LogP contribution is -2.64. The highest BCUT2D eigenvalue weighted by molar-refractivity contribution is 5.73. The van der Waals surface area contributed by atoms with Crippen molar-refractivity contribution in [3.63, 3.8) is 0 Å². The second-order valence-corrected chi connectivity index (χ2v) is 10.8. The predicted molar refractivity (Wildman–Crippen MR) is 131 cm³/mol. The standard InChI is InChI=1S/C28H46N2O/c1-4-5-6-7-8-12-19-28(25-13-10-9-11-14-25)22-27(3,20-21-30(28)26(29)31)24-17-15-23(2)16-18-24/h15-18,25H,4-14,19-22H2,1-3H3,(H2,29,31). The number of amides is 2. The number of hydrogen-bond acceptors (Lipinski definition) is 1. The zero-order chi connectivity index (χ0) is 22.3. The van der Waals surface area contributed by atoms with Crippen molar-refractivity contribution in [2.24, 2.45) is 11.7 Å². The topological polar surface area (TPSA) is 46.3 Å². The molecule has 1 heterocycles. The molecule has 1 aromatic carbocycles. The molecule has 1 aliphatic carbocycles. The van der Waals surface area contributed by atoms with Crippen LogP contribution in [0.25, 0.3) is 0 Å². The summed E-state index contributed by atoms with van der Waals surface area (Å²) < 4.78 is 0. The third kappa shape index (κ3) is 5.65. The van der Waals surface area contributed by atoms with Crippen molar-refractivity contribution in [3.05, 3.63) is 35.4 Å². The summed E-state index contributed by atoms with van der Waals surface area (Å²) in [6.07, 6.45) is 17.4. The van der Waals surface area contributed by atoms with Gasteiger partial charge in [0, 0.05) is 12.1 Å². The minimum Gasteiger partial charge on any atom is -0.351 e. The zero-order valence-corrected chi connectivity index (χ0v) is 20.4. The molecule has 2 unspecified atom stereocenters. The smallest absolute Gasteiger partial charge is 0.315 e. The van der Waals surface area contributed by atoms with E-state index in [1.807, 2.05) is 0 Å². The molecule has 3 rings (SSSR count). The van der Waals surface area contributed by atoms with Crippen LogP contribution in [0.2, 0.25) is 0 Å². The number of rotatable bonds is 9. The SMILES string of the molecule is CCCCCCCCC1(C2CCCCC2)CC(C)(c2ccc(C)cc2)CCN1C(N)=O. The Kier molecular flexibility index (Phi) is 8.47. The lowest BCUT2D eigenvalue weighted by atomic mass is 9.59. The molecule has 174 valence electrons. The number of benzene rings is 1. The van der Waals surface area contributed by atoms with Crippen molar-refractivity contribution in [3.8, 4) is 0 Å². The van der Waals surface area contributed by atoms with E-state index in [1.54, 1.807) is 0 Å². The van der Waals surface area contributed by atoms with Gasteiger partial charge in [-0.3, -0.25) is 0 Å². The fourth-order valence-corrected chi connectivity index (χ4v) is 6.62. The first kappa shape index (κ1) is 24.1. The van der Waals surface area contributed by atoms with Gasteiger partial charge >= 0.3 is 6.03 Å². The highest BCUT2D eigenvalue weighted by atomic mass is 16.2. The van der Waals surface area contributed by atoms with Gasteiger partial charge in [-0.15, -0.1) is 0 Å². The predicted octanol–water partition coefficient (Wildman–Crippen LogP) is 7.50. The summed E-state index contributed by atoms with van der Waals surface area (Å²) in [4.78, 5) is 14.9. The molecule has 1 aliphatic heterocycles. The van der Waals surface area contributed by atoms with Crippen LogP contribution < -0.4 is 5.73 Å². The Hall–Kier alpha value is -1.51. The zero-order valence-electron chi connectivity index (χ0n) is 20.4. The van der Waals surface area contributed by atoms with Crippen LogP contribution in [-0.4, -0.2) is 23.0 Å². The summed E-state index contributed by atoms with van der Waals surface area (Å²) in [5.74, 6) is 0.592. The molecule has 3 heteroatoms. The van der Waals surface area contributed by atoms with Crippen molar-refractivity contribution in [1.82, 2.24) is 4.90 Å². The van der Waals surface area contributed by atoms with Crippen molar-refractivity contribution < 1.29 is 4.79 Å². The van der Waals surface area contributed by atoms with Crippen LogP contribution in [0, 0.1) is 12.8 Å². The number of urea groups is 1. The van der Waals surface area contributed by atoms with Crippen LogP contribution >= 0.6 is 0 Å². The molecule has 2 fully saturated rings. The molecule has 2 N–H and O–H groups in total. The summed E-state index contributed by atoms with van der Waals surface area (Å²) in [7, 11) is 0. The number of primary amides is 1. The van der Waals surface area contributed by atoms with Crippen LogP contribution in [0.15, 0.2) is 24.3 Å². The number of aryl methyl sites for hydroxylation is 1. The Morgan fingerprint density at radius 3 is 2.32 bits per heavy atom. The van der Waals surface area contributed by atoms with Gasteiger partial charge in [-0.2, -0.15) is 0 Å². The number of nitrogens with two attached hydrogens (primary N) is 1. The first-order valence-corrected chi connectivity index (χ1v) is 13.1. The van der Waals surface area contributed by atoms with Crippen LogP contribution in [-0.2, 0) is 5.41 Å². The van der Waals surface area contributed by atoms with Crippen molar-refractivity contribution in [2.45, 2.75) is 122 Å². The van der Waals surface area contributed by atoms with Gasteiger partial charge in [0.25, 0.3) is 0 Å². The van der Waals surface area contributed by atoms with E-state index in [1.165, 1.54) is 81.8 Å². The van der Waals surface area contributed by atoms with Crippen molar-refractivity contribution in [1.29, 1.82) is 0 Å². The minimum atomic E-state index is -0.192. The van der Waals surface area contributed by atoms with Gasteiger partial charge in [0.1, 0.15) is 0 Å². The van der Waals surface area contributed by atoms with E-state index in [0.717, 1.165) is 25.8 Å². The Balaban J connectivity index is 1.87. The molecular weight excluding hydrogens is 380 g/mol. The van der Waals surface area contributed by atoms with Gasteiger partial charge in [-0.25, -0.2) is 4.79 Å². The molecule has 31 heavy (non-hydrogen) atoms. The normalized spacial score (nSPS) is 27.4. The molecule has 1 aromatic rings. The first-order valence-electron chi connectivity index (χ1n) is 13.1. The van der Waals surface area contributed by atoms with Crippen molar-refractivity contribution >= 4 is 6.03 Å². The quantitative estimate of drug-likeness (QED) is 0.408. The van der Waals surface area contributed by atoms with E-state index < -0.39 is 0 Å². The maximum atomic E-state index is 12.7. The number of carbonyl (C=O) groups is 1. The Morgan fingerprint density at radius 1 is 1.03 bits per heavy atom. The van der Waals surface area contributed by atoms with E-state index in [4.69, 9.17) is 5.73 Å². The summed E-state index contributed by atoms with van der Waals surface area (Å²) in [6, 6.07) is 8.95. The first-order chi connectivity index (χ1) is 14.9. The number of carbonyl (C=O) groups excluding carboxylic acids is 1. The van der Waals surface area contributed by atoms with Gasteiger partial charge in [-0.1, -0.05) is 101 Å². The highest BCUT2D eigenvalue weighted by Gasteiger charge is 2.52.